The van der Waals surface area contributed by atoms with E-state index < -0.39 is 0 Å². The Morgan fingerprint density at radius 3 is 2.66 bits per heavy atom. The quantitative estimate of drug-likeness (QED) is 0.544. The molecule has 2 heterocycles. The molecular weight excluding hydrogens is 430 g/mol. The zero-order valence-electron chi connectivity index (χ0n) is 18.9. The molecule has 1 aliphatic rings. The van der Waals surface area contributed by atoms with Gasteiger partial charge in [0.1, 0.15) is 18.0 Å². The molecule has 0 aliphatic carbocycles. The van der Waals surface area contributed by atoms with Crippen LogP contribution in [-0.4, -0.2) is 68.5 Å². The van der Waals surface area contributed by atoms with Gasteiger partial charge in [-0.1, -0.05) is 13.0 Å². The molecule has 0 unspecified atom stereocenters. The van der Waals surface area contributed by atoms with E-state index in [2.05, 4.69) is 5.10 Å². The number of nitrogens with zero attached hydrogens (tertiary/aromatic N) is 3. The number of thiophene rings is 1. The van der Waals surface area contributed by atoms with E-state index in [1.165, 1.54) is 9.91 Å². The minimum atomic E-state index is -0.370. The maximum Gasteiger partial charge on any atom is 0.262 e. The van der Waals surface area contributed by atoms with Crippen molar-refractivity contribution >= 4 is 28.9 Å². The Labute approximate surface area is 192 Å². The summed E-state index contributed by atoms with van der Waals surface area (Å²) in [4.78, 5) is 28.3. The SMILES string of the molecule is CCC(=O)N(CCOC)CC(=O)N1N=C(c2cccs2)C[C@H]1c1cc(OC)ccc1OC. The highest BCUT2D eigenvalue weighted by atomic mass is 32.1. The van der Waals surface area contributed by atoms with Crippen LogP contribution in [-0.2, 0) is 14.3 Å². The third-order valence-corrected chi connectivity index (χ3v) is 6.23. The van der Waals surface area contributed by atoms with Gasteiger partial charge in [0.2, 0.25) is 5.91 Å². The minimum Gasteiger partial charge on any atom is -0.497 e. The van der Waals surface area contributed by atoms with Crippen molar-refractivity contribution in [1.29, 1.82) is 0 Å². The number of hydrogen-bond donors (Lipinski definition) is 0. The number of rotatable bonds is 10. The molecule has 32 heavy (non-hydrogen) atoms. The molecule has 9 heteroatoms. The molecule has 2 aromatic rings. The van der Waals surface area contributed by atoms with E-state index in [-0.39, 0.29) is 24.4 Å². The summed E-state index contributed by atoms with van der Waals surface area (Å²) < 4.78 is 16.1. The van der Waals surface area contributed by atoms with Crippen molar-refractivity contribution in [2.24, 2.45) is 5.10 Å². The lowest BCUT2D eigenvalue weighted by Crippen LogP contribution is -2.42. The number of hydrogen-bond acceptors (Lipinski definition) is 7. The van der Waals surface area contributed by atoms with Crippen molar-refractivity contribution in [2.45, 2.75) is 25.8 Å². The first kappa shape index (κ1) is 23.7. The van der Waals surface area contributed by atoms with Crippen LogP contribution in [0, 0.1) is 0 Å². The fraction of sp³-hybridized carbons (Fsp3) is 0.435. The van der Waals surface area contributed by atoms with Gasteiger partial charge in [-0.2, -0.15) is 5.10 Å². The fourth-order valence-electron chi connectivity index (χ4n) is 3.63. The molecule has 1 aliphatic heterocycles. The third-order valence-electron chi connectivity index (χ3n) is 5.31. The summed E-state index contributed by atoms with van der Waals surface area (Å²) in [5.41, 5.74) is 1.63. The van der Waals surface area contributed by atoms with Crippen molar-refractivity contribution in [2.75, 3.05) is 41.0 Å². The molecule has 0 N–H and O–H groups in total. The number of hydrazone groups is 1. The Morgan fingerprint density at radius 2 is 2.03 bits per heavy atom. The molecule has 0 radical (unpaired) electrons. The highest BCUT2D eigenvalue weighted by molar-refractivity contribution is 7.12. The molecule has 0 saturated carbocycles. The summed E-state index contributed by atoms with van der Waals surface area (Å²) in [5, 5.41) is 8.15. The normalized spacial score (nSPS) is 15.4. The fourth-order valence-corrected chi connectivity index (χ4v) is 4.35. The predicted octanol–water partition coefficient (Wildman–Crippen LogP) is 3.33. The van der Waals surface area contributed by atoms with E-state index in [4.69, 9.17) is 14.2 Å². The molecular formula is C23H29N3O5S. The number of amides is 2. The molecule has 2 amide bonds. The Morgan fingerprint density at radius 1 is 1.22 bits per heavy atom. The van der Waals surface area contributed by atoms with Crippen LogP contribution in [0.1, 0.15) is 36.2 Å². The average molecular weight is 460 g/mol. The first-order valence-corrected chi connectivity index (χ1v) is 11.3. The summed E-state index contributed by atoms with van der Waals surface area (Å²) in [6.07, 6.45) is 0.851. The van der Waals surface area contributed by atoms with Gasteiger partial charge in [-0.15, -0.1) is 11.3 Å². The number of benzene rings is 1. The molecule has 3 rings (SSSR count). The largest absolute Gasteiger partial charge is 0.497 e. The topological polar surface area (TPSA) is 80.7 Å². The molecule has 1 aromatic heterocycles. The molecule has 8 nitrogen and oxygen atoms in total. The van der Waals surface area contributed by atoms with Gasteiger partial charge in [0.05, 0.1) is 37.5 Å². The summed E-state index contributed by atoms with van der Waals surface area (Å²) >= 11 is 1.58. The Kier molecular flexibility index (Phi) is 8.24. The molecule has 0 spiro atoms. The number of methoxy groups -OCH3 is 3. The Bertz CT molecular complexity index is 961. The van der Waals surface area contributed by atoms with Gasteiger partial charge in [0.25, 0.3) is 5.91 Å². The molecule has 0 bridgehead atoms. The van der Waals surface area contributed by atoms with Crippen LogP contribution in [0.2, 0.25) is 0 Å². The zero-order chi connectivity index (χ0) is 23.1. The third kappa shape index (κ3) is 5.28. The first-order valence-electron chi connectivity index (χ1n) is 10.4. The molecule has 0 saturated heterocycles. The van der Waals surface area contributed by atoms with Crippen LogP contribution in [0.25, 0.3) is 0 Å². The van der Waals surface area contributed by atoms with E-state index >= 15 is 0 Å². The van der Waals surface area contributed by atoms with Crippen LogP contribution < -0.4 is 9.47 Å². The van der Waals surface area contributed by atoms with Crippen LogP contribution in [0.3, 0.4) is 0 Å². The summed E-state index contributed by atoms with van der Waals surface area (Å²) in [5.74, 6) is 0.953. The highest BCUT2D eigenvalue weighted by Crippen LogP contribution is 2.39. The van der Waals surface area contributed by atoms with E-state index in [1.807, 2.05) is 35.7 Å². The maximum absolute atomic E-state index is 13.4. The summed E-state index contributed by atoms with van der Waals surface area (Å²) in [7, 11) is 4.76. The van der Waals surface area contributed by atoms with E-state index in [1.54, 1.807) is 39.6 Å². The Balaban J connectivity index is 1.95. The van der Waals surface area contributed by atoms with Crippen molar-refractivity contribution in [3.8, 4) is 11.5 Å². The lowest BCUT2D eigenvalue weighted by molar-refractivity contribution is -0.142. The maximum atomic E-state index is 13.4. The van der Waals surface area contributed by atoms with Gasteiger partial charge in [-0.05, 0) is 29.6 Å². The van der Waals surface area contributed by atoms with Crippen molar-refractivity contribution in [3.63, 3.8) is 0 Å². The standard InChI is InChI=1S/C23H29N3O5S/c1-5-22(27)25(10-11-29-2)15-23(28)26-19(14-18(24-26)21-7-6-12-32-21)17-13-16(30-3)8-9-20(17)31-4/h6-9,12-13,19H,5,10-11,14-15H2,1-4H3/t19-/m0/s1. The average Bonchev–Trinajstić information content (AvgIpc) is 3.50. The molecule has 1 atom stereocenters. The molecule has 0 fully saturated rings. The molecule has 1 aromatic carbocycles. The lowest BCUT2D eigenvalue weighted by atomic mass is 9.99. The van der Waals surface area contributed by atoms with Crippen molar-refractivity contribution in [1.82, 2.24) is 9.91 Å². The van der Waals surface area contributed by atoms with Crippen LogP contribution in [0.15, 0.2) is 40.8 Å². The van der Waals surface area contributed by atoms with E-state index in [0.29, 0.717) is 37.5 Å². The minimum absolute atomic E-state index is 0.0694. The van der Waals surface area contributed by atoms with Gasteiger partial charge in [0.15, 0.2) is 0 Å². The Hall–Kier alpha value is -2.91. The number of ether oxygens (including phenoxy) is 3. The monoisotopic (exact) mass is 459 g/mol. The first-order chi connectivity index (χ1) is 15.5. The second-order valence-corrected chi connectivity index (χ2v) is 8.20. The van der Waals surface area contributed by atoms with Gasteiger partial charge in [0, 0.05) is 32.1 Å². The summed E-state index contributed by atoms with van der Waals surface area (Å²) in [6, 6.07) is 9.09. The number of carbonyl (C=O) groups is 2. The van der Waals surface area contributed by atoms with Gasteiger partial charge < -0.3 is 19.1 Å². The molecule has 172 valence electrons. The second-order valence-electron chi connectivity index (χ2n) is 7.25. The van der Waals surface area contributed by atoms with Gasteiger partial charge in [-0.3, -0.25) is 9.59 Å². The van der Waals surface area contributed by atoms with Gasteiger partial charge in [-0.25, -0.2) is 5.01 Å². The van der Waals surface area contributed by atoms with Crippen LogP contribution in [0.4, 0.5) is 0 Å². The second kappa shape index (κ2) is 11.1. The number of carbonyl (C=O) groups excluding carboxylic acids is 2. The predicted molar refractivity (Wildman–Crippen MR) is 123 cm³/mol. The summed E-state index contributed by atoms with van der Waals surface area (Å²) in [6.45, 7) is 2.41. The van der Waals surface area contributed by atoms with E-state index in [0.717, 1.165) is 16.2 Å². The van der Waals surface area contributed by atoms with Crippen molar-refractivity contribution in [3.05, 3.63) is 46.2 Å². The zero-order valence-corrected chi connectivity index (χ0v) is 19.7. The lowest BCUT2D eigenvalue weighted by Gasteiger charge is -2.27. The van der Waals surface area contributed by atoms with Gasteiger partial charge >= 0.3 is 0 Å². The van der Waals surface area contributed by atoms with E-state index in [9.17, 15) is 9.59 Å². The van der Waals surface area contributed by atoms with Crippen LogP contribution >= 0.6 is 11.3 Å². The smallest absolute Gasteiger partial charge is 0.262 e. The van der Waals surface area contributed by atoms with Crippen LogP contribution in [0.5, 0.6) is 11.5 Å². The highest BCUT2D eigenvalue weighted by Gasteiger charge is 2.36. The van der Waals surface area contributed by atoms with Crippen molar-refractivity contribution < 1.29 is 23.8 Å².